The standard InChI is InChI=1S/C19H16F4N2O2/c20-15-13(17(24)26)9-12(8-10-6-7-10)14(19(21,22)23)16(15)25-18(27)11-4-2-1-3-5-11/h1-5,9-10H,6-8H2,(H2,24,26)(H,25,27). The average Bonchev–Trinajstić information content (AvgIpc) is 3.40. The maximum atomic E-state index is 14.7. The highest BCUT2D eigenvalue weighted by Crippen LogP contribution is 2.43. The summed E-state index contributed by atoms with van der Waals surface area (Å²) in [7, 11) is 0. The van der Waals surface area contributed by atoms with E-state index < -0.39 is 40.6 Å². The Morgan fingerprint density at radius 1 is 1.15 bits per heavy atom. The minimum Gasteiger partial charge on any atom is -0.366 e. The Kier molecular flexibility index (Phi) is 4.91. The second-order valence-corrected chi connectivity index (χ2v) is 6.48. The van der Waals surface area contributed by atoms with E-state index >= 15 is 0 Å². The molecule has 27 heavy (non-hydrogen) atoms. The SMILES string of the molecule is NC(=O)c1cc(CC2CC2)c(C(F)(F)F)c(NC(=O)c2ccccc2)c1F. The molecule has 142 valence electrons. The van der Waals surface area contributed by atoms with E-state index in [1.54, 1.807) is 6.07 Å². The monoisotopic (exact) mass is 380 g/mol. The lowest BCUT2D eigenvalue weighted by atomic mass is 9.95. The molecule has 0 aromatic heterocycles. The Hall–Kier alpha value is -2.90. The van der Waals surface area contributed by atoms with Gasteiger partial charge in [0, 0.05) is 5.56 Å². The first-order valence-corrected chi connectivity index (χ1v) is 8.27. The fourth-order valence-corrected chi connectivity index (χ4v) is 2.90. The highest BCUT2D eigenvalue weighted by molar-refractivity contribution is 6.06. The molecule has 8 heteroatoms. The number of halogens is 4. The zero-order chi connectivity index (χ0) is 19.8. The van der Waals surface area contributed by atoms with Crippen molar-refractivity contribution in [3.63, 3.8) is 0 Å². The van der Waals surface area contributed by atoms with Gasteiger partial charge < -0.3 is 11.1 Å². The lowest BCUT2D eigenvalue weighted by molar-refractivity contribution is -0.137. The third kappa shape index (κ3) is 4.10. The van der Waals surface area contributed by atoms with Gasteiger partial charge in [0.05, 0.1) is 16.8 Å². The van der Waals surface area contributed by atoms with Crippen LogP contribution in [-0.4, -0.2) is 11.8 Å². The highest BCUT2D eigenvalue weighted by atomic mass is 19.4. The number of hydrogen-bond acceptors (Lipinski definition) is 2. The molecule has 2 amide bonds. The molecule has 0 atom stereocenters. The van der Waals surface area contributed by atoms with Crippen molar-refractivity contribution in [2.45, 2.75) is 25.4 Å². The number of anilines is 1. The van der Waals surface area contributed by atoms with Crippen LogP contribution in [0.1, 0.15) is 44.7 Å². The number of carbonyl (C=O) groups excluding carboxylic acids is 2. The molecule has 2 aromatic rings. The number of nitrogens with one attached hydrogen (secondary N) is 1. The van der Waals surface area contributed by atoms with E-state index in [4.69, 9.17) is 5.73 Å². The predicted molar refractivity (Wildman–Crippen MR) is 90.7 cm³/mol. The normalized spacial score (nSPS) is 14.1. The molecular weight excluding hydrogens is 364 g/mol. The van der Waals surface area contributed by atoms with Crippen LogP contribution in [-0.2, 0) is 12.6 Å². The average molecular weight is 380 g/mol. The first-order chi connectivity index (χ1) is 12.7. The summed E-state index contributed by atoms with van der Waals surface area (Å²) in [4.78, 5) is 23.8. The summed E-state index contributed by atoms with van der Waals surface area (Å²) < 4.78 is 55.8. The van der Waals surface area contributed by atoms with Crippen molar-refractivity contribution in [3.05, 3.63) is 64.5 Å². The fraction of sp³-hybridized carbons (Fsp3) is 0.263. The predicted octanol–water partition coefficient (Wildman–Crippen LogP) is 4.15. The molecule has 3 N–H and O–H groups in total. The smallest absolute Gasteiger partial charge is 0.366 e. The van der Waals surface area contributed by atoms with Crippen LogP contribution >= 0.6 is 0 Å². The summed E-state index contributed by atoms with van der Waals surface area (Å²) in [6.07, 6.45) is -3.37. The van der Waals surface area contributed by atoms with Crippen molar-refractivity contribution in [2.75, 3.05) is 5.32 Å². The van der Waals surface area contributed by atoms with Gasteiger partial charge in [0.2, 0.25) is 0 Å². The molecule has 0 saturated heterocycles. The van der Waals surface area contributed by atoms with E-state index in [2.05, 4.69) is 0 Å². The Morgan fingerprint density at radius 2 is 1.78 bits per heavy atom. The molecule has 4 nitrogen and oxygen atoms in total. The topological polar surface area (TPSA) is 72.2 Å². The Bertz CT molecular complexity index is 891. The largest absolute Gasteiger partial charge is 0.418 e. The molecule has 0 unspecified atom stereocenters. The van der Waals surface area contributed by atoms with Gasteiger partial charge in [-0.3, -0.25) is 9.59 Å². The zero-order valence-electron chi connectivity index (χ0n) is 14.1. The number of benzene rings is 2. The molecule has 2 aromatic carbocycles. The van der Waals surface area contributed by atoms with Crippen LogP contribution in [0, 0.1) is 11.7 Å². The van der Waals surface area contributed by atoms with Gasteiger partial charge in [0.25, 0.3) is 11.8 Å². The van der Waals surface area contributed by atoms with E-state index in [0.717, 1.165) is 18.9 Å². The van der Waals surface area contributed by atoms with Crippen LogP contribution < -0.4 is 11.1 Å². The first kappa shape index (κ1) is 18.9. The van der Waals surface area contributed by atoms with Crippen molar-refractivity contribution in [1.29, 1.82) is 0 Å². The molecule has 0 heterocycles. The van der Waals surface area contributed by atoms with Crippen LogP contribution in [0.3, 0.4) is 0 Å². The number of nitrogens with two attached hydrogens (primary N) is 1. The quantitative estimate of drug-likeness (QED) is 0.765. The minimum absolute atomic E-state index is 0.0314. The van der Waals surface area contributed by atoms with Crippen molar-refractivity contribution in [2.24, 2.45) is 11.7 Å². The number of alkyl halides is 3. The van der Waals surface area contributed by atoms with Crippen molar-refractivity contribution in [1.82, 2.24) is 0 Å². The van der Waals surface area contributed by atoms with Crippen molar-refractivity contribution < 1.29 is 27.2 Å². The van der Waals surface area contributed by atoms with Gasteiger partial charge in [0.1, 0.15) is 0 Å². The molecular formula is C19H16F4N2O2. The van der Waals surface area contributed by atoms with E-state index in [1.807, 2.05) is 5.32 Å². The molecule has 0 radical (unpaired) electrons. The molecule has 1 aliphatic rings. The molecule has 1 saturated carbocycles. The Labute approximate surface area is 152 Å². The summed E-state index contributed by atoms with van der Waals surface area (Å²) in [6, 6.07) is 8.27. The van der Waals surface area contributed by atoms with Crippen molar-refractivity contribution >= 4 is 17.5 Å². The van der Waals surface area contributed by atoms with Gasteiger partial charge in [-0.15, -0.1) is 0 Å². The van der Waals surface area contributed by atoms with Gasteiger partial charge >= 0.3 is 6.18 Å². The lowest BCUT2D eigenvalue weighted by Crippen LogP contribution is -2.23. The molecule has 3 rings (SSSR count). The summed E-state index contributed by atoms with van der Waals surface area (Å²) >= 11 is 0. The molecule has 0 aliphatic heterocycles. The maximum Gasteiger partial charge on any atom is 0.418 e. The fourth-order valence-electron chi connectivity index (χ4n) is 2.90. The number of hydrogen-bond donors (Lipinski definition) is 2. The van der Waals surface area contributed by atoms with Gasteiger partial charge in [-0.25, -0.2) is 4.39 Å². The number of carbonyl (C=O) groups is 2. The summed E-state index contributed by atoms with van der Waals surface area (Å²) in [5, 5.41) is 1.99. The van der Waals surface area contributed by atoms with E-state index in [1.165, 1.54) is 24.3 Å². The molecule has 1 aliphatic carbocycles. The second kappa shape index (κ2) is 7.02. The van der Waals surface area contributed by atoms with E-state index in [-0.39, 0.29) is 23.5 Å². The van der Waals surface area contributed by atoms with Crippen molar-refractivity contribution in [3.8, 4) is 0 Å². The Morgan fingerprint density at radius 3 is 2.30 bits per heavy atom. The van der Waals surface area contributed by atoms with E-state index in [0.29, 0.717) is 0 Å². The number of amides is 2. The third-order valence-corrected chi connectivity index (χ3v) is 4.37. The van der Waals surface area contributed by atoms with E-state index in [9.17, 15) is 27.2 Å². The molecule has 1 fully saturated rings. The summed E-state index contributed by atoms with van der Waals surface area (Å²) in [6.45, 7) is 0. The third-order valence-electron chi connectivity index (χ3n) is 4.37. The summed E-state index contributed by atoms with van der Waals surface area (Å²) in [5.41, 5.74) is 1.91. The zero-order valence-corrected chi connectivity index (χ0v) is 14.1. The van der Waals surface area contributed by atoms with Crippen LogP contribution in [0.5, 0.6) is 0 Å². The maximum absolute atomic E-state index is 14.7. The second-order valence-electron chi connectivity index (χ2n) is 6.48. The van der Waals surface area contributed by atoms with Crippen LogP contribution in [0.4, 0.5) is 23.2 Å². The molecule has 0 bridgehead atoms. The van der Waals surface area contributed by atoms with Crippen LogP contribution in [0.15, 0.2) is 36.4 Å². The minimum atomic E-state index is -4.92. The number of primary amides is 1. The van der Waals surface area contributed by atoms with Gasteiger partial charge in [-0.05, 0) is 48.9 Å². The highest BCUT2D eigenvalue weighted by Gasteiger charge is 2.40. The lowest BCUT2D eigenvalue weighted by Gasteiger charge is -2.20. The van der Waals surface area contributed by atoms with Gasteiger partial charge in [-0.1, -0.05) is 18.2 Å². The number of rotatable bonds is 5. The van der Waals surface area contributed by atoms with Gasteiger partial charge in [-0.2, -0.15) is 13.2 Å². The summed E-state index contributed by atoms with van der Waals surface area (Å²) in [5.74, 6) is -3.57. The Balaban J connectivity index is 2.14. The first-order valence-electron chi connectivity index (χ1n) is 8.27. The van der Waals surface area contributed by atoms with Crippen LogP contribution in [0.25, 0.3) is 0 Å². The molecule has 0 spiro atoms. The van der Waals surface area contributed by atoms with Crippen LogP contribution in [0.2, 0.25) is 0 Å². The van der Waals surface area contributed by atoms with Gasteiger partial charge in [0.15, 0.2) is 5.82 Å².